The number of carbonyl (C=O) groups excluding carboxylic acids is 3. The molecule has 9 heteroatoms. The molecular formula is C34H56N4O5. The van der Waals surface area contributed by atoms with Gasteiger partial charge in [0.15, 0.2) is 0 Å². The molecule has 1 spiro atoms. The van der Waals surface area contributed by atoms with Crippen LogP contribution in [0.4, 0.5) is 0 Å². The summed E-state index contributed by atoms with van der Waals surface area (Å²) < 4.78 is 11.5. The zero-order chi connectivity index (χ0) is 32.0. The minimum atomic E-state index is -1.12. The molecule has 0 aromatic rings. The van der Waals surface area contributed by atoms with E-state index in [1.165, 1.54) is 0 Å². The summed E-state index contributed by atoms with van der Waals surface area (Å²) in [6.07, 6.45) is 8.53. The van der Waals surface area contributed by atoms with Crippen LogP contribution in [0.25, 0.3) is 0 Å². The molecular weight excluding hydrogens is 544 g/mol. The van der Waals surface area contributed by atoms with Gasteiger partial charge in [0.25, 0.3) is 0 Å². The van der Waals surface area contributed by atoms with Crippen LogP contribution in [0.1, 0.15) is 86.5 Å². The van der Waals surface area contributed by atoms with Crippen molar-refractivity contribution in [2.24, 2.45) is 27.9 Å². The van der Waals surface area contributed by atoms with Crippen molar-refractivity contribution >= 4 is 17.7 Å². The summed E-state index contributed by atoms with van der Waals surface area (Å²) in [5, 5.41) is 3.25. The van der Waals surface area contributed by atoms with E-state index in [0.717, 1.165) is 42.8 Å². The van der Waals surface area contributed by atoms with Crippen LogP contribution in [0.5, 0.6) is 0 Å². The molecule has 3 fully saturated rings. The highest BCUT2D eigenvalue weighted by Crippen LogP contribution is 2.68. The summed E-state index contributed by atoms with van der Waals surface area (Å²) in [6, 6.07) is 0.270. The average molecular weight is 601 g/mol. The van der Waals surface area contributed by atoms with Crippen molar-refractivity contribution < 1.29 is 23.9 Å². The standard InChI is InChI=1S/C34H56N4O5/c1-9-12-28-33(7,34(31(41)37(28)8)16-21-43-22-17-34)32(6,30(40)36-18-13-24(4)23-29(35)39)25(5)27(10-2)38(11-3)26-14-19-42-20-15-26/h10,12,24,26H,2,9,11,13-23H2,1,3-8H3,(H2,35,39)(H,36,40)/b27-25+,28-12+. The molecule has 0 aromatic carbocycles. The smallest absolute Gasteiger partial charge is 0.233 e. The van der Waals surface area contributed by atoms with E-state index in [1.807, 2.05) is 27.0 Å². The highest BCUT2D eigenvalue weighted by Gasteiger charge is 2.72. The van der Waals surface area contributed by atoms with Gasteiger partial charge in [-0.3, -0.25) is 14.4 Å². The van der Waals surface area contributed by atoms with Crippen molar-refractivity contribution in [2.75, 3.05) is 46.6 Å². The second-order valence-electron chi connectivity index (χ2n) is 13.0. The maximum atomic E-state index is 14.9. The Balaban J connectivity index is 2.26. The van der Waals surface area contributed by atoms with Crippen molar-refractivity contribution in [2.45, 2.75) is 92.5 Å². The van der Waals surface area contributed by atoms with E-state index in [-0.39, 0.29) is 36.1 Å². The fourth-order valence-electron chi connectivity index (χ4n) is 8.12. The number of likely N-dealkylation sites (tertiary alicyclic amines) is 1. The van der Waals surface area contributed by atoms with Gasteiger partial charge in [0, 0.05) is 75.8 Å². The first-order valence-electron chi connectivity index (χ1n) is 16.2. The van der Waals surface area contributed by atoms with Crippen molar-refractivity contribution in [1.82, 2.24) is 15.1 Å². The van der Waals surface area contributed by atoms with Crippen LogP contribution < -0.4 is 11.1 Å². The molecule has 3 amide bonds. The van der Waals surface area contributed by atoms with E-state index in [9.17, 15) is 14.4 Å². The second kappa shape index (κ2) is 14.4. The van der Waals surface area contributed by atoms with Gasteiger partial charge in [-0.25, -0.2) is 0 Å². The van der Waals surface area contributed by atoms with Gasteiger partial charge in [-0.05, 0) is 76.9 Å². The highest BCUT2D eigenvalue weighted by atomic mass is 16.5. The number of carbonyl (C=O) groups is 3. The number of amides is 3. The van der Waals surface area contributed by atoms with Crippen LogP contribution in [0, 0.1) is 22.2 Å². The molecule has 3 unspecified atom stereocenters. The predicted octanol–water partition coefficient (Wildman–Crippen LogP) is 4.54. The number of likely N-dealkylation sites (N-methyl/N-ethyl adjacent to an activating group) is 1. The zero-order valence-corrected chi connectivity index (χ0v) is 27.7. The lowest BCUT2D eigenvalue weighted by molar-refractivity contribution is -0.154. The third kappa shape index (κ3) is 6.17. The first-order valence-corrected chi connectivity index (χ1v) is 16.2. The number of nitrogens with two attached hydrogens (primary N) is 1. The van der Waals surface area contributed by atoms with E-state index < -0.39 is 16.2 Å². The molecule has 0 radical (unpaired) electrons. The molecule has 0 aliphatic carbocycles. The van der Waals surface area contributed by atoms with Crippen LogP contribution in [0.2, 0.25) is 0 Å². The Morgan fingerprint density at radius 2 is 1.81 bits per heavy atom. The number of nitrogens with zero attached hydrogens (tertiary/aromatic N) is 2. The molecule has 43 heavy (non-hydrogen) atoms. The number of hydrogen-bond donors (Lipinski definition) is 2. The minimum Gasteiger partial charge on any atom is -0.381 e. The Kier molecular flexibility index (Phi) is 11.7. The summed E-state index contributed by atoms with van der Waals surface area (Å²) in [5.41, 5.74) is 5.35. The molecule has 0 aromatic heterocycles. The summed E-state index contributed by atoms with van der Waals surface area (Å²) >= 11 is 0. The SMILES string of the molecule is C=C/C(=C(/C)C(C)(C(=O)NCCC(C)CC(N)=O)C1(C)/C(=C\CC)N(C)C(=O)C12CCOCC2)N(CC)C1CCOCC1. The molecule has 3 rings (SSSR count). The molecule has 0 saturated carbocycles. The Bertz CT molecular complexity index is 1100. The summed E-state index contributed by atoms with van der Waals surface area (Å²) in [6.45, 7) is 20.2. The lowest BCUT2D eigenvalue weighted by Gasteiger charge is -2.54. The molecule has 242 valence electrons. The summed E-state index contributed by atoms with van der Waals surface area (Å²) in [7, 11) is 1.85. The van der Waals surface area contributed by atoms with Gasteiger partial charge < -0.3 is 30.3 Å². The molecule has 3 atom stereocenters. The van der Waals surface area contributed by atoms with E-state index >= 15 is 0 Å². The summed E-state index contributed by atoms with van der Waals surface area (Å²) in [5.74, 6) is -0.378. The molecule has 3 aliphatic rings. The fraction of sp³-hybridized carbons (Fsp3) is 0.735. The van der Waals surface area contributed by atoms with Crippen molar-refractivity contribution in [1.29, 1.82) is 0 Å². The van der Waals surface area contributed by atoms with Gasteiger partial charge in [-0.1, -0.05) is 33.4 Å². The van der Waals surface area contributed by atoms with E-state index in [4.69, 9.17) is 15.2 Å². The predicted molar refractivity (Wildman–Crippen MR) is 170 cm³/mol. The van der Waals surface area contributed by atoms with E-state index in [0.29, 0.717) is 52.2 Å². The maximum absolute atomic E-state index is 14.9. The number of ether oxygens (including phenoxy) is 2. The van der Waals surface area contributed by atoms with E-state index in [2.05, 4.69) is 50.6 Å². The quantitative estimate of drug-likeness (QED) is 0.300. The highest BCUT2D eigenvalue weighted by molar-refractivity contribution is 5.95. The lowest BCUT2D eigenvalue weighted by atomic mass is 9.47. The Morgan fingerprint density at radius 1 is 1.21 bits per heavy atom. The third-order valence-corrected chi connectivity index (χ3v) is 10.8. The largest absolute Gasteiger partial charge is 0.381 e. The second-order valence-corrected chi connectivity index (χ2v) is 13.0. The number of primary amides is 1. The normalized spacial score (nSPS) is 26.2. The molecule has 3 aliphatic heterocycles. The van der Waals surface area contributed by atoms with Crippen LogP contribution in [0.3, 0.4) is 0 Å². The average Bonchev–Trinajstić information content (AvgIpc) is 3.14. The van der Waals surface area contributed by atoms with Crippen molar-refractivity contribution in [3.63, 3.8) is 0 Å². The first kappa shape index (κ1) is 34.8. The monoisotopic (exact) mass is 600 g/mol. The van der Waals surface area contributed by atoms with Gasteiger partial charge in [0.05, 0.1) is 10.8 Å². The van der Waals surface area contributed by atoms with Gasteiger partial charge in [0.1, 0.15) is 0 Å². The van der Waals surface area contributed by atoms with Gasteiger partial charge >= 0.3 is 0 Å². The van der Waals surface area contributed by atoms with Crippen molar-refractivity contribution in [3.05, 3.63) is 35.7 Å². The van der Waals surface area contributed by atoms with Crippen LogP contribution in [-0.4, -0.2) is 80.1 Å². The number of nitrogens with one attached hydrogen (secondary N) is 1. The molecule has 3 heterocycles. The van der Waals surface area contributed by atoms with Crippen LogP contribution in [-0.2, 0) is 23.9 Å². The Hall–Kier alpha value is -2.65. The van der Waals surface area contributed by atoms with Crippen molar-refractivity contribution in [3.8, 4) is 0 Å². The maximum Gasteiger partial charge on any atom is 0.233 e. The van der Waals surface area contributed by atoms with Gasteiger partial charge in [-0.2, -0.15) is 0 Å². The number of hydrogen-bond acceptors (Lipinski definition) is 6. The number of rotatable bonds is 13. The Labute approximate surface area is 259 Å². The van der Waals surface area contributed by atoms with Gasteiger partial charge in [-0.15, -0.1) is 0 Å². The lowest BCUT2D eigenvalue weighted by Crippen LogP contribution is -2.59. The molecule has 9 nitrogen and oxygen atoms in total. The van der Waals surface area contributed by atoms with E-state index in [1.54, 1.807) is 4.90 Å². The first-order chi connectivity index (χ1) is 20.4. The number of allylic oxidation sites excluding steroid dienone is 3. The molecule has 3 saturated heterocycles. The minimum absolute atomic E-state index is 0.0423. The van der Waals surface area contributed by atoms with Crippen LogP contribution >= 0.6 is 0 Å². The molecule has 0 bridgehead atoms. The zero-order valence-electron chi connectivity index (χ0n) is 27.7. The van der Waals surface area contributed by atoms with Crippen LogP contribution in [0.15, 0.2) is 35.7 Å². The summed E-state index contributed by atoms with van der Waals surface area (Å²) in [4.78, 5) is 44.9. The third-order valence-electron chi connectivity index (χ3n) is 10.8. The topological polar surface area (TPSA) is 114 Å². The molecule has 3 N–H and O–H groups in total. The Morgan fingerprint density at radius 3 is 2.35 bits per heavy atom. The van der Waals surface area contributed by atoms with Gasteiger partial charge in [0.2, 0.25) is 17.7 Å². The fourth-order valence-corrected chi connectivity index (χ4v) is 8.12.